The van der Waals surface area contributed by atoms with Gasteiger partial charge in [0.1, 0.15) is 5.66 Å². The van der Waals surface area contributed by atoms with Gasteiger partial charge >= 0.3 is 0 Å². The Hall–Kier alpha value is -3.34. The molecule has 1 saturated carbocycles. The van der Waals surface area contributed by atoms with E-state index in [4.69, 9.17) is 4.99 Å². The number of benzene rings is 1. The highest BCUT2D eigenvalue weighted by Gasteiger charge is 2.54. The Bertz CT molecular complexity index is 1400. The number of hydrogen-bond acceptors (Lipinski definition) is 8. The van der Waals surface area contributed by atoms with Crippen LogP contribution in [0.15, 0.2) is 29.3 Å². The zero-order chi connectivity index (χ0) is 34.2. The Kier molecular flexibility index (Phi) is 9.89. The molecule has 2 aromatic rings. The summed E-state index contributed by atoms with van der Waals surface area (Å²) in [5.74, 6) is 1.52. The molecule has 1 aromatic carbocycles. The number of piperazine rings is 1. The average molecular weight is 648 g/mol. The topological polar surface area (TPSA) is 123 Å². The number of aromatic amines is 1. The zero-order valence-electron chi connectivity index (χ0n) is 30.2. The van der Waals surface area contributed by atoms with E-state index in [1.54, 1.807) is 0 Å². The Morgan fingerprint density at radius 1 is 0.979 bits per heavy atom. The molecule has 5 rings (SSSR count). The van der Waals surface area contributed by atoms with Gasteiger partial charge in [-0.3, -0.25) is 14.5 Å². The fourth-order valence-corrected chi connectivity index (χ4v) is 7.51. The van der Waals surface area contributed by atoms with E-state index in [1.807, 2.05) is 24.3 Å². The van der Waals surface area contributed by atoms with Gasteiger partial charge in [-0.1, -0.05) is 58.9 Å². The van der Waals surface area contributed by atoms with Crippen molar-refractivity contribution in [2.45, 2.75) is 125 Å². The number of H-pyrrole nitrogens is 1. The first-order chi connectivity index (χ1) is 22.0. The molecule has 2 N–H and O–H groups in total. The van der Waals surface area contributed by atoms with Crippen molar-refractivity contribution in [3.8, 4) is 0 Å². The minimum atomic E-state index is -0.557. The predicted octanol–water partition coefficient (Wildman–Crippen LogP) is 5.59. The van der Waals surface area contributed by atoms with E-state index in [-0.39, 0.29) is 40.8 Å². The van der Waals surface area contributed by atoms with Crippen LogP contribution in [0.5, 0.6) is 0 Å². The zero-order valence-corrected chi connectivity index (χ0v) is 30.2. The maximum absolute atomic E-state index is 14.8. The Balaban J connectivity index is 1.45. The molecule has 0 unspecified atom stereocenters. The summed E-state index contributed by atoms with van der Waals surface area (Å²) >= 11 is 0. The first-order valence-corrected chi connectivity index (χ1v) is 17.5. The molecule has 1 aliphatic carbocycles. The fraction of sp³-hybridized carbons (Fsp3) is 0.722. The number of aromatic nitrogens is 4. The lowest BCUT2D eigenvalue weighted by atomic mass is 9.69. The minimum absolute atomic E-state index is 0.0595. The number of rotatable bonds is 7. The molecule has 1 saturated heterocycles. The summed E-state index contributed by atoms with van der Waals surface area (Å²) in [5, 5.41) is 16.6. The number of tetrazole rings is 1. The lowest BCUT2D eigenvalue weighted by molar-refractivity contribution is -0.134. The highest BCUT2D eigenvalue weighted by atomic mass is 16.2. The standard InChI is InChI=1S/C36H57N9O2/c1-33(2,3)17-16-28(25-10-12-26(13-11-25)31(46)37-24-29-39-41-42-40-29)45-32(47)30(43-20-22-44(23-21-43)35(7,8)9)38-36(45)18-14-27(15-19-36)34(4,5)6/h10-13,27-28H,14-24H2,1-9H3,(H,37,46)(H,39,40,41,42)/t27?,28-,36?/m1/s1. The molecule has 1 aromatic heterocycles. The summed E-state index contributed by atoms with van der Waals surface area (Å²) in [6, 6.07) is 7.63. The molecule has 2 fully saturated rings. The van der Waals surface area contributed by atoms with Crippen LogP contribution in [0.25, 0.3) is 0 Å². The van der Waals surface area contributed by atoms with Gasteiger partial charge in [-0.25, -0.2) is 4.99 Å². The molecule has 11 heteroatoms. The van der Waals surface area contributed by atoms with Gasteiger partial charge in [0.25, 0.3) is 11.8 Å². The van der Waals surface area contributed by atoms with E-state index in [1.165, 1.54) is 0 Å². The summed E-state index contributed by atoms with van der Waals surface area (Å²) in [4.78, 5) is 40.2. The largest absolute Gasteiger partial charge is 0.350 e. The summed E-state index contributed by atoms with van der Waals surface area (Å²) in [7, 11) is 0. The lowest BCUT2D eigenvalue weighted by Gasteiger charge is -2.47. The lowest BCUT2D eigenvalue weighted by Crippen LogP contribution is -2.56. The normalized spacial score (nSPS) is 23.7. The average Bonchev–Trinajstić information content (AvgIpc) is 3.62. The second-order valence-corrected chi connectivity index (χ2v) is 17.1. The third-order valence-electron chi connectivity index (χ3n) is 10.5. The van der Waals surface area contributed by atoms with E-state index in [9.17, 15) is 9.59 Å². The molecule has 1 atom stereocenters. The van der Waals surface area contributed by atoms with Gasteiger partial charge in [-0.05, 0) is 93.7 Å². The molecule has 0 radical (unpaired) electrons. The number of nitrogens with one attached hydrogen (secondary N) is 2. The van der Waals surface area contributed by atoms with Crippen LogP contribution in [-0.2, 0) is 11.3 Å². The maximum atomic E-state index is 14.8. The van der Waals surface area contributed by atoms with Gasteiger partial charge in [0.05, 0.1) is 12.6 Å². The van der Waals surface area contributed by atoms with Crippen molar-refractivity contribution in [3.05, 3.63) is 41.2 Å². The molecule has 11 nitrogen and oxygen atoms in total. The molecular weight excluding hydrogens is 590 g/mol. The van der Waals surface area contributed by atoms with E-state index in [0.717, 1.165) is 70.3 Å². The first kappa shape index (κ1) is 35.0. The summed E-state index contributed by atoms with van der Waals surface area (Å²) in [6.45, 7) is 24.2. The first-order valence-electron chi connectivity index (χ1n) is 17.5. The van der Waals surface area contributed by atoms with Crippen LogP contribution in [0.4, 0.5) is 0 Å². The maximum Gasteiger partial charge on any atom is 0.291 e. The molecule has 3 aliphatic rings. The van der Waals surface area contributed by atoms with Crippen molar-refractivity contribution < 1.29 is 9.59 Å². The van der Waals surface area contributed by atoms with Crippen molar-refractivity contribution in [3.63, 3.8) is 0 Å². The third kappa shape index (κ3) is 8.04. The summed E-state index contributed by atoms with van der Waals surface area (Å²) in [6.07, 6.45) is 5.61. The summed E-state index contributed by atoms with van der Waals surface area (Å²) in [5.41, 5.74) is 1.45. The van der Waals surface area contributed by atoms with Crippen LogP contribution < -0.4 is 5.32 Å². The number of aliphatic imine (C=N–C) groups is 1. The quantitative estimate of drug-likeness (QED) is 0.402. The van der Waals surface area contributed by atoms with Crippen molar-refractivity contribution in [1.29, 1.82) is 0 Å². The van der Waals surface area contributed by atoms with Gasteiger partial charge in [-0.15, -0.1) is 10.2 Å². The van der Waals surface area contributed by atoms with Crippen LogP contribution >= 0.6 is 0 Å². The molecule has 0 bridgehead atoms. The van der Waals surface area contributed by atoms with Crippen LogP contribution in [0, 0.1) is 16.7 Å². The Labute approximate surface area is 281 Å². The van der Waals surface area contributed by atoms with Crippen LogP contribution in [0.2, 0.25) is 0 Å². The predicted molar refractivity (Wildman–Crippen MR) is 185 cm³/mol. The number of carbonyl (C=O) groups excluding carboxylic acids is 2. The highest BCUT2D eigenvalue weighted by molar-refractivity contribution is 6.39. The van der Waals surface area contributed by atoms with Crippen LogP contribution in [0.1, 0.15) is 129 Å². The molecular formula is C36H57N9O2. The van der Waals surface area contributed by atoms with Crippen LogP contribution in [0.3, 0.4) is 0 Å². The number of carbonyl (C=O) groups is 2. The Morgan fingerprint density at radius 2 is 1.62 bits per heavy atom. The monoisotopic (exact) mass is 647 g/mol. The van der Waals surface area contributed by atoms with Gasteiger partial charge in [0, 0.05) is 37.3 Å². The fourth-order valence-electron chi connectivity index (χ4n) is 7.51. The number of amidine groups is 1. The second-order valence-electron chi connectivity index (χ2n) is 17.1. The van der Waals surface area contributed by atoms with Gasteiger partial charge in [0.2, 0.25) is 0 Å². The highest BCUT2D eigenvalue weighted by Crippen LogP contribution is 2.50. The van der Waals surface area contributed by atoms with Crippen molar-refractivity contribution in [1.82, 2.24) is 40.6 Å². The number of hydrogen-bond donors (Lipinski definition) is 2. The van der Waals surface area contributed by atoms with Gasteiger partial charge < -0.3 is 15.1 Å². The minimum Gasteiger partial charge on any atom is -0.350 e. The smallest absolute Gasteiger partial charge is 0.291 e. The summed E-state index contributed by atoms with van der Waals surface area (Å²) < 4.78 is 0. The third-order valence-corrected chi connectivity index (χ3v) is 10.5. The molecule has 1 spiro atoms. The molecule has 47 heavy (non-hydrogen) atoms. The molecule has 2 aliphatic heterocycles. The Morgan fingerprint density at radius 3 is 2.15 bits per heavy atom. The van der Waals surface area contributed by atoms with E-state index in [2.05, 4.69) is 103 Å². The molecule has 3 heterocycles. The number of amides is 2. The van der Waals surface area contributed by atoms with Crippen molar-refractivity contribution >= 4 is 17.6 Å². The second kappa shape index (κ2) is 13.3. The van der Waals surface area contributed by atoms with Crippen molar-refractivity contribution in [2.24, 2.45) is 21.7 Å². The van der Waals surface area contributed by atoms with Crippen LogP contribution in [-0.4, -0.2) is 90.4 Å². The van der Waals surface area contributed by atoms with Gasteiger partial charge in [0.15, 0.2) is 11.7 Å². The van der Waals surface area contributed by atoms with E-state index in [0.29, 0.717) is 23.1 Å². The molecule has 2 amide bonds. The van der Waals surface area contributed by atoms with E-state index < -0.39 is 5.66 Å². The number of nitrogens with zero attached hydrogens (tertiary/aromatic N) is 7. The van der Waals surface area contributed by atoms with E-state index >= 15 is 0 Å². The molecule has 258 valence electrons. The van der Waals surface area contributed by atoms with Crippen molar-refractivity contribution in [2.75, 3.05) is 26.2 Å². The van der Waals surface area contributed by atoms with Gasteiger partial charge in [-0.2, -0.15) is 5.21 Å². The SMILES string of the molecule is CC(C)(C)CC[C@H](c1ccc(C(=O)NCc2nn[nH]n2)cc1)N1C(=O)C(N2CCN(C(C)(C)C)CC2)=NC12CCC(C(C)(C)C)CC2.